The van der Waals surface area contributed by atoms with Crippen LogP contribution in [0.1, 0.15) is 310 Å². The van der Waals surface area contributed by atoms with Gasteiger partial charge in [-0.25, -0.2) is 0 Å². The Morgan fingerprint density at radius 2 is 0.591 bits per heavy atom. The number of carbonyl (C=O) groups is 3. The van der Waals surface area contributed by atoms with Gasteiger partial charge in [-0.1, -0.05) is 276 Å². The first-order chi connectivity index (χ1) is 32.5. The van der Waals surface area contributed by atoms with Crippen LogP contribution in [-0.4, -0.2) is 37.2 Å². The molecule has 6 heteroatoms. The van der Waals surface area contributed by atoms with Crippen LogP contribution in [0.2, 0.25) is 0 Å². The van der Waals surface area contributed by atoms with Crippen LogP contribution in [-0.2, 0) is 28.6 Å². The van der Waals surface area contributed by atoms with Gasteiger partial charge in [0.1, 0.15) is 13.2 Å². The second-order valence-electron chi connectivity index (χ2n) is 19.5. The number of ether oxygens (including phenoxy) is 3. The van der Waals surface area contributed by atoms with Gasteiger partial charge in [0.2, 0.25) is 0 Å². The van der Waals surface area contributed by atoms with E-state index >= 15 is 0 Å². The van der Waals surface area contributed by atoms with E-state index in [1.165, 1.54) is 173 Å². The fraction of sp³-hybridized carbons (Fsp3) is 0.850. The van der Waals surface area contributed by atoms with Gasteiger partial charge >= 0.3 is 17.9 Å². The van der Waals surface area contributed by atoms with Gasteiger partial charge in [0.25, 0.3) is 0 Å². The normalized spacial score (nSPS) is 12.2. The molecule has 6 nitrogen and oxygen atoms in total. The summed E-state index contributed by atoms with van der Waals surface area (Å²) >= 11 is 0. The highest BCUT2D eigenvalue weighted by atomic mass is 16.6. The van der Waals surface area contributed by atoms with Crippen molar-refractivity contribution in [3.8, 4) is 0 Å². The van der Waals surface area contributed by atoms with E-state index in [1.807, 2.05) is 0 Å². The molecule has 1 atom stereocenters. The molecule has 0 aliphatic heterocycles. The van der Waals surface area contributed by atoms with E-state index in [0.29, 0.717) is 19.3 Å². The van der Waals surface area contributed by atoms with Crippen molar-refractivity contribution in [1.29, 1.82) is 0 Å². The third kappa shape index (κ3) is 52.6. The molecule has 0 aliphatic rings. The smallest absolute Gasteiger partial charge is 0.306 e. The van der Waals surface area contributed by atoms with E-state index in [1.54, 1.807) is 0 Å². The van der Waals surface area contributed by atoms with E-state index in [0.717, 1.165) is 96.3 Å². The van der Waals surface area contributed by atoms with Gasteiger partial charge in [-0.15, -0.1) is 0 Å². The van der Waals surface area contributed by atoms with Crippen molar-refractivity contribution in [2.24, 2.45) is 0 Å². The Hall–Kier alpha value is -2.37. The number of unbranched alkanes of at least 4 members (excludes halogenated alkanes) is 36. The number of esters is 3. The van der Waals surface area contributed by atoms with Gasteiger partial charge in [-0.05, 0) is 51.4 Å². The Morgan fingerprint density at radius 1 is 0.318 bits per heavy atom. The summed E-state index contributed by atoms with van der Waals surface area (Å²) < 4.78 is 16.9. The average molecular weight is 928 g/mol. The Morgan fingerprint density at radius 3 is 0.924 bits per heavy atom. The molecule has 0 bridgehead atoms. The molecule has 0 aromatic heterocycles. The summed E-state index contributed by atoms with van der Waals surface area (Å²) in [7, 11) is 0. The maximum absolute atomic E-state index is 12.8. The number of carbonyl (C=O) groups excluding carboxylic acids is 3. The maximum atomic E-state index is 12.8. The highest BCUT2D eigenvalue weighted by Gasteiger charge is 2.19. The van der Waals surface area contributed by atoms with Crippen LogP contribution in [0.4, 0.5) is 0 Å². The van der Waals surface area contributed by atoms with Crippen molar-refractivity contribution >= 4 is 17.9 Å². The maximum Gasteiger partial charge on any atom is 0.306 e. The lowest BCUT2D eigenvalue weighted by Gasteiger charge is -2.18. The van der Waals surface area contributed by atoms with Gasteiger partial charge in [0, 0.05) is 19.3 Å². The monoisotopic (exact) mass is 927 g/mol. The molecule has 1 unspecified atom stereocenters. The molecule has 0 spiro atoms. The van der Waals surface area contributed by atoms with Crippen molar-refractivity contribution in [3.05, 3.63) is 36.5 Å². The molecule has 0 saturated heterocycles. The second-order valence-corrected chi connectivity index (χ2v) is 19.5. The predicted molar refractivity (Wildman–Crippen MR) is 284 cm³/mol. The largest absolute Gasteiger partial charge is 0.462 e. The van der Waals surface area contributed by atoms with E-state index < -0.39 is 6.10 Å². The van der Waals surface area contributed by atoms with Crippen molar-refractivity contribution in [1.82, 2.24) is 0 Å². The zero-order chi connectivity index (χ0) is 47.9. The highest BCUT2D eigenvalue weighted by Crippen LogP contribution is 2.17. The van der Waals surface area contributed by atoms with Gasteiger partial charge < -0.3 is 14.2 Å². The standard InChI is InChI=1S/C60H110O6/c1-4-7-10-13-16-19-22-25-27-28-29-30-31-33-35-38-41-44-47-50-53-59(62)65-56-57(55-64-58(61)52-49-46-43-40-37-34-24-21-18-15-12-9-6-3)66-60(63)54-51-48-45-42-39-36-32-26-23-20-17-14-11-8-5-2/h8,11,17,20,26,32,57H,4-7,9-10,12-16,18-19,21-25,27-31,33-56H2,1-3H3/b11-8-,20-17-,32-26-. The lowest BCUT2D eigenvalue weighted by Crippen LogP contribution is -2.30. The first-order valence-electron chi connectivity index (χ1n) is 29.0. The molecule has 0 N–H and O–H groups in total. The fourth-order valence-corrected chi connectivity index (χ4v) is 8.58. The van der Waals surface area contributed by atoms with Crippen molar-refractivity contribution in [2.75, 3.05) is 13.2 Å². The minimum Gasteiger partial charge on any atom is -0.462 e. The molecule has 0 amide bonds. The molecule has 0 fully saturated rings. The zero-order valence-electron chi connectivity index (χ0n) is 44.2. The molecular weight excluding hydrogens is 817 g/mol. The predicted octanol–water partition coefficient (Wildman–Crippen LogP) is 19.3. The second kappa shape index (κ2) is 55.2. The summed E-state index contributed by atoms with van der Waals surface area (Å²) in [4.78, 5) is 38.1. The minimum absolute atomic E-state index is 0.0744. The third-order valence-electron chi connectivity index (χ3n) is 12.9. The minimum atomic E-state index is -0.776. The fourth-order valence-electron chi connectivity index (χ4n) is 8.58. The Kier molecular flexibility index (Phi) is 53.2. The van der Waals surface area contributed by atoms with E-state index in [2.05, 4.69) is 57.2 Å². The van der Waals surface area contributed by atoms with E-state index in [9.17, 15) is 14.4 Å². The van der Waals surface area contributed by atoms with Crippen LogP contribution in [0.5, 0.6) is 0 Å². The number of allylic oxidation sites excluding steroid dienone is 6. The van der Waals surface area contributed by atoms with Gasteiger partial charge in [0.05, 0.1) is 0 Å². The van der Waals surface area contributed by atoms with Crippen LogP contribution in [0, 0.1) is 0 Å². The molecular formula is C60H110O6. The van der Waals surface area contributed by atoms with Crippen molar-refractivity contribution in [3.63, 3.8) is 0 Å². The van der Waals surface area contributed by atoms with Gasteiger partial charge in [-0.3, -0.25) is 14.4 Å². The quantitative estimate of drug-likeness (QED) is 0.0262. The first kappa shape index (κ1) is 63.6. The average Bonchev–Trinajstić information content (AvgIpc) is 3.31. The summed E-state index contributed by atoms with van der Waals surface area (Å²) in [5.74, 6) is -0.873. The summed E-state index contributed by atoms with van der Waals surface area (Å²) in [5, 5.41) is 0. The SMILES string of the molecule is CC/C=C\C/C=C\C/C=C\CCCCCCCC(=O)OC(COC(=O)CCCCCCCCCCCCCCC)COC(=O)CCCCCCCCCCCCCCCCCCCCCC. The summed E-state index contributed by atoms with van der Waals surface area (Å²) in [5.41, 5.74) is 0. The molecule has 0 aromatic rings. The Labute approximate surface area is 410 Å². The Bertz CT molecular complexity index is 1110. The highest BCUT2D eigenvalue weighted by molar-refractivity contribution is 5.71. The van der Waals surface area contributed by atoms with Crippen LogP contribution in [0.15, 0.2) is 36.5 Å². The Balaban J connectivity index is 4.30. The zero-order valence-corrected chi connectivity index (χ0v) is 44.2. The lowest BCUT2D eigenvalue weighted by atomic mass is 10.0. The van der Waals surface area contributed by atoms with Crippen LogP contribution in [0.3, 0.4) is 0 Å². The molecule has 0 heterocycles. The molecule has 0 radical (unpaired) electrons. The van der Waals surface area contributed by atoms with E-state index in [4.69, 9.17) is 14.2 Å². The molecule has 0 aromatic carbocycles. The molecule has 0 saturated carbocycles. The lowest BCUT2D eigenvalue weighted by molar-refractivity contribution is -0.167. The third-order valence-corrected chi connectivity index (χ3v) is 12.9. The van der Waals surface area contributed by atoms with Crippen LogP contribution < -0.4 is 0 Å². The summed E-state index contributed by atoms with van der Waals surface area (Å²) in [6.45, 7) is 6.56. The van der Waals surface area contributed by atoms with Crippen LogP contribution in [0.25, 0.3) is 0 Å². The van der Waals surface area contributed by atoms with Crippen LogP contribution >= 0.6 is 0 Å². The number of rotatable bonds is 53. The molecule has 0 aliphatic carbocycles. The number of hydrogen-bond acceptors (Lipinski definition) is 6. The van der Waals surface area contributed by atoms with Gasteiger partial charge in [0.15, 0.2) is 6.10 Å². The number of hydrogen-bond donors (Lipinski definition) is 0. The summed E-state index contributed by atoms with van der Waals surface area (Å²) in [6.07, 6.45) is 65.7. The van der Waals surface area contributed by atoms with E-state index in [-0.39, 0.29) is 31.1 Å². The van der Waals surface area contributed by atoms with Crippen molar-refractivity contribution < 1.29 is 28.6 Å². The van der Waals surface area contributed by atoms with Crippen molar-refractivity contribution in [2.45, 2.75) is 316 Å². The summed E-state index contributed by atoms with van der Waals surface area (Å²) in [6, 6.07) is 0. The molecule has 0 rings (SSSR count). The topological polar surface area (TPSA) is 78.9 Å². The first-order valence-corrected chi connectivity index (χ1v) is 29.0. The molecule has 66 heavy (non-hydrogen) atoms. The molecule has 386 valence electrons. The van der Waals surface area contributed by atoms with Gasteiger partial charge in [-0.2, -0.15) is 0 Å².